The van der Waals surface area contributed by atoms with Gasteiger partial charge in [-0.1, -0.05) is 37.0 Å². The van der Waals surface area contributed by atoms with Crippen molar-refractivity contribution in [3.05, 3.63) is 69.1 Å². The molecule has 1 aromatic carbocycles. The Morgan fingerprint density at radius 2 is 1.82 bits per heavy atom. The number of nitrogens with zero attached hydrogens (tertiary/aromatic N) is 4. The van der Waals surface area contributed by atoms with Gasteiger partial charge in [-0.05, 0) is 26.0 Å². The van der Waals surface area contributed by atoms with Crippen LogP contribution in [0.2, 0.25) is 10.0 Å². The van der Waals surface area contributed by atoms with E-state index in [0.29, 0.717) is 61.3 Å². The summed E-state index contributed by atoms with van der Waals surface area (Å²) in [6.07, 6.45) is 4.03. The van der Waals surface area contributed by atoms with Crippen LogP contribution in [-0.4, -0.2) is 47.5 Å². The Labute approximate surface area is 238 Å². The molecule has 3 aromatic rings. The summed E-state index contributed by atoms with van der Waals surface area (Å²) in [5.74, 6) is 1.34. The van der Waals surface area contributed by atoms with E-state index in [-0.39, 0.29) is 11.3 Å². The van der Waals surface area contributed by atoms with Crippen molar-refractivity contribution < 1.29 is 9.47 Å². The van der Waals surface area contributed by atoms with E-state index in [1.807, 2.05) is 0 Å². The van der Waals surface area contributed by atoms with E-state index >= 15 is 0 Å². The highest BCUT2D eigenvalue weighted by Crippen LogP contribution is 2.39. The number of anilines is 2. The predicted octanol–water partition coefficient (Wildman–Crippen LogP) is 5.38. The first kappa shape index (κ1) is 28.4. The number of nitrogens with one attached hydrogen (secondary N) is 2. The Kier molecular flexibility index (Phi) is 8.21. The lowest BCUT2D eigenvalue weighted by Crippen LogP contribution is -2.69. The molecule has 39 heavy (non-hydrogen) atoms. The van der Waals surface area contributed by atoms with Crippen LogP contribution in [-0.2, 0) is 0 Å². The van der Waals surface area contributed by atoms with E-state index in [1.54, 1.807) is 31.3 Å². The third kappa shape index (κ3) is 5.88. The zero-order chi connectivity index (χ0) is 28.5. The molecule has 11 heteroatoms. The summed E-state index contributed by atoms with van der Waals surface area (Å²) in [4.78, 5) is 10.6. The highest BCUT2D eigenvalue weighted by Gasteiger charge is 2.40. The quantitative estimate of drug-likeness (QED) is 0.232. The van der Waals surface area contributed by atoms with E-state index in [9.17, 15) is 5.26 Å². The second-order valence-corrected chi connectivity index (χ2v) is 11.0. The highest BCUT2D eigenvalue weighted by atomic mass is 35.5. The summed E-state index contributed by atoms with van der Waals surface area (Å²) < 4.78 is 11.7. The minimum absolute atomic E-state index is 0.0379. The first-order valence-electron chi connectivity index (χ1n) is 12.4. The van der Waals surface area contributed by atoms with Crippen molar-refractivity contribution >= 4 is 40.4 Å². The minimum Gasteiger partial charge on any atom is -0.493 e. The minimum atomic E-state index is -0.550. The Hall–Kier alpha value is -3.58. The molecule has 1 aliphatic rings. The lowest BCUT2D eigenvalue weighted by molar-refractivity contribution is 0.216. The Morgan fingerprint density at radius 1 is 1.15 bits per heavy atom. The maximum atomic E-state index is 9.87. The van der Waals surface area contributed by atoms with Gasteiger partial charge in [-0.15, -0.1) is 0 Å². The number of ether oxygens (including phenoxy) is 2. The highest BCUT2D eigenvalue weighted by molar-refractivity contribution is 6.35. The van der Waals surface area contributed by atoms with Crippen LogP contribution in [0, 0.1) is 16.7 Å². The fraction of sp³-hybridized carbons (Fsp3) is 0.357. The van der Waals surface area contributed by atoms with Gasteiger partial charge in [0.15, 0.2) is 11.5 Å². The normalized spacial score (nSPS) is 14.9. The van der Waals surface area contributed by atoms with Crippen LogP contribution in [0.1, 0.15) is 56.1 Å². The standard InChI is InChI=1S/C28H31Cl2N7O2/c1-15(2)36-28(4)13-37(14-28)27-17(9-31)6-18(10-35-27)26(33)19-7-24(23(38-5)8-22(19)32)39-16(3)25-20(29)11-34-12-21(25)30/h6-8,10-12,15-16,33,36H,13-14,32H2,1-5H3/t16-/m1/s1. The number of hydrogen-bond donors (Lipinski definition) is 3. The molecule has 4 rings (SSSR count). The fourth-order valence-electron chi connectivity index (χ4n) is 4.92. The Bertz CT molecular complexity index is 1430. The van der Waals surface area contributed by atoms with Crippen molar-refractivity contribution in [2.24, 2.45) is 0 Å². The average molecular weight is 569 g/mol. The molecule has 0 saturated carbocycles. The number of rotatable bonds is 9. The summed E-state index contributed by atoms with van der Waals surface area (Å²) in [6.45, 7) is 9.65. The van der Waals surface area contributed by atoms with Crippen LogP contribution in [0.3, 0.4) is 0 Å². The van der Waals surface area contributed by atoms with Gasteiger partial charge in [0.25, 0.3) is 0 Å². The molecular formula is C28H31Cl2N7O2. The SMILES string of the molecule is COc1cc(N)c(C(=N)c2cnc(N3CC(C)(NC(C)C)C3)c(C#N)c2)cc1O[C@H](C)c1c(Cl)cncc1Cl. The van der Waals surface area contributed by atoms with E-state index in [1.165, 1.54) is 19.5 Å². The van der Waals surface area contributed by atoms with Crippen molar-refractivity contribution in [3.8, 4) is 17.6 Å². The summed E-state index contributed by atoms with van der Waals surface area (Å²) >= 11 is 12.6. The summed E-state index contributed by atoms with van der Waals surface area (Å²) in [5, 5.41) is 23.1. The van der Waals surface area contributed by atoms with Gasteiger partial charge in [0.05, 0.1) is 34.0 Å². The molecule has 2 aromatic heterocycles. The topological polar surface area (TPSA) is 133 Å². The summed E-state index contributed by atoms with van der Waals surface area (Å²) in [7, 11) is 1.50. The Morgan fingerprint density at radius 3 is 2.41 bits per heavy atom. The number of halogens is 2. The molecule has 204 valence electrons. The molecule has 1 saturated heterocycles. The van der Waals surface area contributed by atoms with Gasteiger partial charge in [0, 0.05) is 66.2 Å². The van der Waals surface area contributed by atoms with Crippen molar-refractivity contribution in [1.82, 2.24) is 15.3 Å². The molecule has 0 radical (unpaired) electrons. The van der Waals surface area contributed by atoms with Crippen LogP contribution in [0.4, 0.5) is 11.5 Å². The summed E-state index contributed by atoms with van der Waals surface area (Å²) in [5.41, 5.74) is 8.52. The monoisotopic (exact) mass is 567 g/mol. The van der Waals surface area contributed by atoms with Gasteiger partial charge in [-0.2, -0.15) is 5.26 Å². The molecular weight excluding hydrogens is 537 g/mol. The first-order valence-corrected chi connectivity index (χ1v) is 13.2. The van der Waals surface area contributed by atoms with Gasteiger partial charge in [0.1, 0.15) is 18.0 Å². The van der Waals surface area contributed by atoms with Gasteiger partial charge in [-0.25, -0.2) is 4.98 Å². The number of pyridine rings is 2. The number of nitriles is 1. The molecule has 1 aliphatic heterocycles. The van der Waals surface area contributed by atoms with Crippen molar-refractivity contribution in [2.45, 2.75) is 45.4 Å². The van der Waals surface area contributed by atoms with E-state index < -0.39 is 6.10 Å². The zero-order valence-corrected chi connectivity index (χ0v) is 24.0. The number of nitrogen functional groups attached to an aromatic ring is 1. The predicted molar refractivity (Wildman–Crippen MR) is 154 cm³/mol. The fourth-order valence-corrected chi connectivity index (χ4v) is 5.59. The third-order valence-corrected chi connectivity index (χ3v) is 7.10. The first-order chi connectivity index (χ1) is 18.5. The largest absolute Gasteiger partial charge is 0.493 e. The lowest BCUT2D eigenvalue weighted by atomic mass is 9.90. The second-order valence-electron chi connectivity index (χ2n) is 10.2. The number of benzene rings is 1. The summed E-state index contributed by atoms with van der Waals surface area (Å²) in [6, 6.07) is 7.48. The van der Waals surface area contributed by atoms with Crippen LogP contribution >= 0.6 is 23.2 Å². The van der Waals surface area contributed by atoms with Crippen molar-refractivity contribution in [2.75, 3.05) is 30.8 Å². The Balaban J connectivity index is 1.62. The van der Waals surface area contributed by atoms with Crippen LogP contribution in [0.25, 0.3) is 0 Å². The van der Waals surface area contributed by atoms with Gasteiger partial charge >= 0.3 is 0 Å². The smallest absolute Gasteiger partial charge is 0.162 e. The van der Waals surface area contributed by atoms with Gasteiger partial charge < -0.3 is 25.4 Å². The molecule has 1 fully saturated rings. The van der Waals surface area contributed by atoms with Crippen LogP contribution in [0.5, 0.6) is 11.5 Å². The molecule has 0 bridgehead atoms. The van der Waals surface area contributed by atoms with Gasteiger partial charge in [-0.3, -0.25) is 10.4 Å². The molecule has 0 amide bonds. The van der Waals surface area contributed by atoms with E-state index in [2.05, 4.69) is 47.0 Å². The van der Waals surface area contributed by atoms with E-state index in [4.69, 9.17) is 43.8 Å². The third-order valence-electron chi connectivity index (χ3n) is 6.50. The maximum absolute atomic E-state index is 9.87. The molecule has 1 atom stereocenters. The number of nitrogens with two attached hydrogens (primary N) is 1. The molecule has 9 nitrogen and oxygen atoms in total. The van der Waals surface area contributed by atoms with Crippen molar-refractivity contribution in [1.29, 1.82) is 10.7 Å². The molecule has 0 unspecified atom stereocenters. The molecule has 4 N–H and O–H groups in total. The van der Waals surface area contributed by atoms with Crippen LogP contribution < -0.4 is 25.4 Å². The van der Waals surface area contributed by atoms with E-state index in [0.717, 1.165) is 13.1 Å². The van der Waals surface area contributed by atoms with Gasteiger partial charge in [0.2, 0.25) is 0 Å². The average Bonchev–Trinajstić information content (AvgIpc) is 2.86. The molecule has 3 heterocycles. The number of hydrogen-bond acceptors (Lipinski definition) is 9. The molecule has 0 spiro atoms. The number of methoxy groups -OCH3 is 1. The molecule has 0 aliphatic carbocycles. The zero-order valence-electron chi connectivity index (χ0n) is 22.5. The number of aromatic nitrogens is 2. The second kappa shape index (κ2) is 11.3. The maximum Gasteiger partial charge on any atom is 0.162 e. The van der Waals surface area contributed by atoms with Crippen LogP contribution in [0.15, 0.2) is 36.8 Å². The van der Waals surface area contributed by atoms with Crippen molar-refractivity contribution in [3.63, 3.8) is 0 Å². The lowest BCUT2D eigenvalue weighted by Gasteiger charge is -2.50.